The number of hydrogen-bond acceptors (Lipinski definition) is 2. The molecule has 1 rings (SSSR count). The fourth-order valence-corrected chi connectivity index (χ4v) is 1.34. The Kier molecular flexibility index (Phi) is 6.27. The minimum absolute atomic E-state index is 0.0916. The van der Waals surface area contributed by atoms with E-state index >= 15 is 0 Å². The van der Waals surface area contributed by atoms with Crippen molar-refractivity contribution < 1.29 is 9.53 Å². The summed E-state index contributed by atoms with van der Waals surface area (Å²) in [5, 5.41) is 0. The summed E-state index contributed by atoms with van der Waals surface area (Å²) in [7, 11) is 0. The molecule has 0 N–H and O–H groups in total. The van der Waals surface area contributed by atoms with Gasteiger partial charge in [-0.25, -0.2) is 0 Å². The van der Waals surface area contributed by atoms with Gasteiger partial charge in [0.1, 0.15) is 0 Å². The SMILES string of the molecule is CC(C)(C)C(=O)C=C=CCCOCc1ccccc1. The van der Waals surface area contributed by atoms with Crippen LogP contribution in [0.1, 0.15) is 32.8 Å². The second-order valence-corrected chi connectivity index (χ2v) is 5.46. The molecule has 0 heterocycles. The Morgan fingerprint density at radius 2 is 1.95 bits per heavy atom. The average molecular weight is 258 g/mol. The Morgan fingerprint density at radius 3 is 2.58 bits per heavy atom. The maximum Gasteiger partial charge on any atom is 0.168 e. The number of hydrogen-bond donors (Lipinski definition) is 0. The maximum absolute atomic E-state index is 11.6. The van der Waals surface area contributed by atoms with E-state index in [1.54, 1.807) is 0 Å². The van der Waals surface area contributed by atoms with Crippen molar-refractivity contribution >= 4 is 5.78 Å². The van der Waals surface area contributed by atoms with Crippen LogP contribution >= 0.6 is 0 Å². The van der Waals surface area contributed by atoms with Crippen LogP contribution in [0.3, 0.4) is 0 Å². The van der Waals surface area contributed by atoms with Crippen molar-refractivity contribution in [3.63, 3.8) is 0 Å². The number of rotatable bonds is 6. The molecule has 0 aliphatic carbocycles. The highest BCUT2D eigenvalue weighted by molar-refractivity contribution is 5.93. The van der Waals surface area contributed by atoms with Gasteiger partial charge in [0.2, 0.25) is 0 Å². The molecule has 0 saturated heterocycles. The molecule has 0 amide bonds. The Hall–Kier alpha value is -1.63. The van der Waals surface area contributed by atoms with Crippen molar-refractivity contribution in [3.8, 4) is 0 Å². The number of benzene rings is 1. The second-order valence-electron chi connectivity index (χ2n) is 5.46. The van der Waals surface area contributed by atoms with Gasteiger partial charge in [-0.15, -0.1) is 5.73 Å². The Labute approximate surface area is 115 Å². The zero-order valence-electron chi connectivity index (χ0n) is 12.0. The summed E-state index contributed by atoms with van der Waals surface area (Å²) in [6, 6.07) is 10.1. The lowest BCUT2D eigenvalue weighted by atomic mass is 9.91. The van der Waals surface area contributed by atoms with E-state index in [1.807, 2.05) is 57.2 Å². The lowest BCUT2D eigenvalue weighted by Gasteiger charge is -2.11. The van der Waals surface area contributed by atoms with Crippen molar-refractivity contribution in [3.05, 3.63) is 53.8 Å². The third-order valence-electron chi connectivity index (χ3n) is 2.59. The molecule has 0 unspecified atom stereocenters. The van der Waals surface area contributed by atoms with Crippen LogP contribution in [-0.2, 0) is 16.1 Å². The van der Waals surface area contributed by atoms with Gasteiger partial charge in [-0.3, -0.25) is 4.79 Å². The fraction of sp³-hybridized carbons (Fsp3) is 0.412. The molecule has 0 fully saturated rings. The third-order valence-corrected chi connectivity index (χ3v) is 2.59. The summed E-state index contributed by atoms with van der Waals surface area (Å²) in [6.07, 6.45) is 4.12. The number of ketones is 1. The molecule has 2 nitrogen and oxygen atoms in total. The van der Waals surface area contributed by atoms with Crippen molar-refractivity contribution in [2.45, 2.75) is 33.8 Å². The maximum atomic E-state index is 11.6. The van der Waals surface area contributed by atoms with E-state index in [-0.39, 0.29) is 11.2 Å². The fourth-order valence-electron chi connectivity index (χ4n) is 1.34. The molecule has 0 aromatic heterocycles. The number of ether oxygens (including phenoxy) is 1. The monoisotopic (exact) mass is 258 g/mol. The van der Waals surface area contributed by atoms with E-state index in [2.05, 4.69) is 5.73 Å². The van der Waals surface area contributed by atoms with Gasteiger partial charge in [0.25, 0.3) is 0 Å². The molecule has 0 atom stereocenters. The Bertz CT molecular complexity index is 446. The lowest BCUT2D eigenvalue weighted by molar-refractivity contribution is -0.121. The summed E-state index contributed by atoms with van der Waals surface area (Å²) in [5.41, 5.74) is 3.75. The Morgan fingerprint density at radius 1 is 1.26 bits per heavy atom. The summed E-state index contributed by atoms with van der Waals surface area (Å²) < 4.78 is 5.52. The molecule has 0 saturated carbocycles. The predicted octanol–water partition coefficient (Wildman–Crippen LogP) is 3.92. The van der Waals surface area contributed by atoms with Crippen LogP contribution in [0.5, 0.6) is 0 Å². The van der Waals surface area contributed by atoms with Crippen molar-refractivity contribution in [2.24, 2.45) is 5.41 Å². The van der Waals surface area contributed by atoms with E-state index < -0.39 is 0 Å². The van der Waals surface area contributed by atoms with Crippen LogP contribution in [0.15, 0.2) is 48.2 Å². The predicted molar refractivity (Wildman–Crippen MR) is 77.8 cm³/mol. The summed E-state index contributed by atoms with van der Waals surface area (Å²) in [5.74, 6) is 0.0916. The summed E-state index contributed by atoms with van der Waals surface area (Å²) in [6.45, 7) is 6.96. The van der Waals surface area contributed by atoms with E-state index in [4.69, 9.17) is 4.74 Å². The minimum Gasteiger partial charge on any atom is -0.376 e. The van der Waals surface area contributed by atoms with Crippen LogP contribution in [-0.4, -0.2) is 12.4 Å². The summed E-state index contributed by atoms with van der Waals surface area (Å²) >= 11 is 0. The lowest BCUT2D eigenvalue weighted by Crippen LogP contribution is -2.16. The first-order valence-corrected chi connectivity index (χ1v) is 6.57. The molecule has 0 radical (unpaired) electrons. The molecule has 0 bridgehead atoms. The third kappa shape index (κ3) is 6.76. The highest BCUT2D eigenvalue weighted by atomic mass is 16.5. The van der Waals surface area contributed by atoms with Gasteiger partial charge in [0.15, 0.2) is 5.78 Å². The topological polar surface area (TPSA) is 26.3 Å². The van der Waals surface area contributed by atoms with Crippen molar-refractivity contribution in [2.75, 3.05) is 6.61 Å². The highest BCUT2D eigenvalue weighted by Gasteiger charge is 2.17. The number of carbonyl (C=O) groups excluding carboxylic acids is 1. The van der Waals surface area contributed by atoms with Crippen LogP contribution in [0.2, 0.25) is 0 Å². The van der Waals surface area contributed by atoms with Gasteiger partial charge in [-0.2, -0.15) is 0 Å². The van der Waals surface area contributed by atoms with Crippen LogP contribution in [0.4, 0.5) is 0 Å². The van der Waals surface area contributed by atoms with Gasteiger partial charge in [0.05, 0.1) is 13.2 Å². The molecule has 0 spiro atoms. The first-order valence-electron chi connectivity index (χ1n) is 6.57. The molecule has 0 aliphatic rings. The van der Waals surface area contributed by atoms with Gasteiger partial charge >= 0.3 is 0 Å². The van der Waals surface area contributed by atoms with Crippen LogP contribution in [0.25, 0.3) is 0 Å². The van der Waals surface area contributed by atoms with Crippen LogP contribution in [0, 0.1) is 5.41 Å². The largest absolute Gasteiger partial charge is 0.376 e. The molecular weight excluding hydrogens is 236 g/mol. The Balaban J connectivity index is 2.21. The van der Waals surface area contributed by atoms with E-state index in [0.29, 0.717) is 13.2 Å². The minimum atomic E-state index is -0.329. The van der Waals surface area contributed by atoms with Gasteiger partial charge < -0.3 is 4.74 Å². The zero-order chi connectivity index (χ0) is 14.1. The highest BCUT2D eigenvalue weighted by Crippen LogP contribution is 2.14. The number of carbonyl (C=O) groups is 1. The van der Waals surface area contributed by atoms with Crippen molar-refractivity contribution in [1.82, 2.24) is 0 Å². The molecular formula is C17H22O2. The zero-order valence-corrected chi connectivity index (χ0v) is 12.0. The molecule has 19 heavy (non-hydrogen) atoms. The quantitative estimate of drug-likeness (QED) is 0.439. The molecule has 102 valence electrons. The molecule has 0 aliphatic heterocycles. The average Bonchev–Trinajstić information content (AvgIpc) is 2.37. The first kappa shape index (κ1) is 15.4. The van der Waals surface area contributed by atoms with Gasteiger partial charge in [-0.05, 0) is 18.1 Å². The normalized spacial score (nSPS) is 10.7. The first-order chi connectivity index (χ1) is 9.00. The molecule has 1 aromatic rings. The van der Waals surface area contributed by atoms with Crippen LogP contribution < -0.4 is 0 Å². The van der Waals surface area contributed by atoms with E-state index in [0.717, 1.165) is 6.42 Å². The smallest absolute Gasteiger partial charge is 0.168 e. The van der Waals surface area contributed by atoms with Gasteiger partial charge in [-0.1, -0.05) is 51.1 Å². The molecule has 2 heteroatoms. The van der Waals surface area contributed by atoms with E-state index in [9.17, 15) is 4.79 Å². The van der Waals surface area contributed by atoms with E-state index in [1.165, 1.54) is 11.6 Å². The molecule has 1 aromatic carbocycles. The standard InChI is InChI=1S/C17H22O2/c1-17(2,3)16(18)12-8-5-9-13-19-14-15-10-6-4-7-11-15/h4-7,10-12H,9,13-14H2,1-3H3. The second kappa shape index (κ2) is 7.73. The summed E-state index contributed by atoms with van der Waals surface area (Å²) in [4.78, 5) is 11.6. The van der Waals surface area contributed by atoms with Crippen molar-refractivity contribution in [1.29, 1.82) is 0 Å². The van der Waals surface area contributed by atoms with Gasteiger partial charge in [0, 0.05) is 11.5 Å².